The summed E-state index contributed by atoms with van der Waals surface area (Å²) in [6.07, 6.45) is 0. The first-order valence-corrected chi connectivity index (χ1v) is 5.22. The van der Waals surface area contributed by atoms with Crippen LogP contribution in [-0.2, 0) is 7.05 Å². The van der Waals surface area contributed by atoms with Crippen LogP contribution in [0.25, 0.3) is 0 Å². The Morgan fingerprint density at radius 1 is 1.24 bits per heavy atom. The highest BCUT2D eigenvalue weighted by molar-refractivity contribution is 6.58. The van der Waals surface area contributed by atoms with Gasteiger partial charge in [-0.3, -0.25) is 4.68 Å². The molecule has 0 bridgehead atoms. The Morgan fingerprint density at radius 3 is 2.47 bits per heavy atom. The first-order chi connectivity index (χ1) is 8.09. The lowest BCUT2D eigenvalue weighted by Gasteiger charge is -2.06. The van der Waals surface area contributed by atoms with E-state index in [4.69, 9.17) is 4.74 Å². The number of hydrogen-bond donors (Lipinski definition) is 2. The van der Waals surface area contributed by atoms with Crippen molar-refractivity contribution < 1.29 is 14.8 Å². The van der Waals surface area contributed by atoms with Gasteiger partial charge in [0.05, 0.1) is 5.69 Å². The van der Waals surface area contributed by atoms with E-state index in [1.165, 1.54) is 0 Å². The summed E-state index contributed by atoms with van der Waals surface area (Å²) < 4.78 is 7.17. The van der Waals surface area contributed by atoms with Crippen LogP contribution in [0.5, 0.6) is 11.5 Å². The Morgan fingerprint density at radius 2 is 1.88 bits per heavy atom. The fourth-order valence-corrected chi connectivity index (χ4v) is 1.52. The molecule has 0 fully saturated rings. The molecule has 0 atom stereocenters. The molecule has 2 rings (SSSR count). The van der Waals surface area contributed by atoms with Crippen LogP contribution in [0.1, 0.15) is 5.69 Å². The van der Waals surface area contributed by atoms with E-state index in [-0.39, 0.29) is 5.59 Å². The molecule has 0 radical (unpaired) electrons. The molecule has 0 aliphatic rings. The summed E-state index contributed by atoms with van der Waals surface area (Å²) in [5.41, 5.74) is 0.853. The van der Waals surface area contributed by atoms with Crippen LogP contribution in [0.3, 0.4) is 0 Å². The summed E-state index contributed by atoms with van der Waals surface area (Å²) >= 11 is 0. The van der Waals surface area contributed by atoms with Gasteiger partial charge in [-0.1, -0.05) is 18.2 Å². The van der Waals surface area contributed by atoms with Crippen molar-refractivity contribution in [2.24, 2.45) is 7.05 Å². The van der Waals surface area contributed by atoms with Gasteiger partial charge in [-0.15, -0.1) is 0 Å². The predicted molar refractivity (Wildman–Crippen MR) is 64.3 cm³/mol. The molecule has 0 spiro atoms. The topological polar surface area (TPSA) is 67.5 Å². The first-order valence-electron chi connectivity index (χ1n) is 5.22. The van der Waals surface area contributed by atoms with Gasteiger partial charge in [0.25, 0.3) is 0 Å². The van der Waals surface area contributed by atoms with E-state index in [1.54, 1.807) is 30.8 Å². The normalized spacial score (nSPS) is 10.4. The minimum Gasteiger partial charge on any atom is -0.454 e. The van der Waals surface area contributed by atoms with Crippen molar-refractivity contribution in [3.8, 4) is 11.5 Å². The van der Waals surface area contributed by atoms with Gasteiger partial charge in [-0.05, 0) is 19.1 Å². The molecule has 0 saturated carbocycles. The van der Waals surface area contributed by atoms with E-state index in [2.05, 4.69) is 5.10 Å². The minimum atomic E-state index is -1.64. The third-order valence-electron chi connectivity index (χ3n) is 2.51. The number of aryl methyl sites for hydroxylation is 1. The zero-order chi connectivity index (χ0) is 12.4. The quantitative estimate of drug-likeness (QED) is 0.742. The van der Waals surface area contributed by atoms with Crippen molar-refractivity contribution in [1.29, 1.82) is 0 Å². The number of ether oxygens (including phenoxy) is 1. The Kier molecular flexibility index (Phi) is 3.17. The number of nitrogens with zero attached hydrogens (tertiary/aromatic N) is 2. The van der Waals surface area contributed by atoms with Gasteiger partial charge in [0.15, 0.2) is 5.75 Å². The maximum atomic E-state index is 9.22. The molecule has 0 aliphatic heterocycles. The third-order valence-corrected chi connectivity index (χ3v) is 2.51. The Hall–Kier alpha value is -1.79. The van der Waals surface area contributed by atoms with Crippen molar-refractivity contribution in [2.75, 3.05) is 0 Å². The number of hydrogen-bond acceptors (Lipinski definition) is 4. The summed E-state index contributed by atoms with van der Waals surface area (Å²) in [5, 5.41) is 22.4. The fraction of sp³-hybridized carbons (Fsp3) is 0.182. The maximum absolute atomic E-state index is 9.22. The highest BCUT2D eigenvalue weighted by Gasteiger charge is 2.25. The number of aromatic nitrogens is 2. The van der Waals surface area contributed by atoms with E-state index in [0.717, 1.165) is 5.69 Å². The summed E-state index contributed by atoms with van der Waals surface area (Å²) in [5.74, 6) is 1.01. The lowest BCUT2D eigenvalue weighted by molar-refractivity contribution is 0.419. The predicted octanol–water partition coefficient (Wildman–Crippen LogP) is 0.201. The number of para-hydroxylation sites is 1. The van der Waals surface area contributed by atoms with Gasteiger partial charge in [0.2, 0.25) is 0 Å². The highest BCUT2D eigenvalue weighted by atomic mass is 16.5. The van der Waals surface area contributed by atoms with Crippen LogP contribution in [0.15, 0.2) is 30.3 Å². The van der Waals surface area contributed by atoms with Crippen LogP contribution in [0, 0.1) is 6.92 Å². The standard InChI is InChI=1S/C11H13BN2O3/c1-8-10(11(12(15)16)13-14(8)2)17-9-6-4-3-5-7-9/h3-7,15-16H,1-2H3. The zero-order valence-electron chi connectivity index (χ0n) is 9.66. The van der Waals surface area contributed by atoms with E-state index >= 15 is 0 Å². The molecule has 0 unspecified atom stereocenters. The third kappa shape index (κ3) is 2.32. The van der Waals surface area contributed by atoms with Crippen LogP contribution in [0.2, 0.25) is 0 Å². The van der Waals surface area contributed by atoms with Crippen molar-refractivity contribution in [2.45, 2.75) is 6.92 Å². The Balaban J connectivity index is 2.38. The van der Waals surface area contributed by atoms with E-state index in [0.29, 0.717) is 11.5 Å². The van der Waals surface area contributed by atoms with Gasteiger partial charge in [0.1, 0.15) is 11.3 Å². The zero-order valence-corrected chi connectivity index (χ0v) is 9.66. The molecule has 0 amide bonds. The van der Waals surface area contributed by atoms with Gasteiger partial charge >= 0.3 is 7.12 Å². The minimum absolute atomic E-state index is 0.119. The molecule has 17 heavy (non-hydrogen) atoms. The Labute approximate surface area is 99.4 Å². The van der Waals surface area contributed by atoms with Crippen LogP contribution in [0.4, 0.5) is 0 Å². The summed E-state index contributed by atoms with van der Waals surface area (Å²) in [6, 6.07) is 9.15. The van der Waals surface area contributed by atoms with Crippen LogP contribution < -0.4 is 10.3 Å². The van der Waals surface area contributed by atoms with E-state index in [9.17, 15) is 10.0 Å². The monoisotopic (exact) mass is 232 g/mol. The van der Waals surface area contributed by atoms with Crippen molar-refractivity contribution in [1.82, 2.24) is 9.78 Å². The molecule has 2 N–H and O–H groups in total. The molecule has 2 aromatic rings. The van der Waals surface area contributed by atoms with Crippen LogP contribution in [-0.4, -0.2) is 26.9 Å². The molecule has 5 nitrogen and oxygen atoms in total. The van der Waals surface area contributed by atoms with E-state index in [1.807, 2.05) is 18.2 Å². The average molecular weight is 232 g/mol. The highest BCUT2D eigenvalue weighted by Crippen LogP contribution is 2.22. The van der Waals surface area contributed by atoms with Crippen molar-refractivity contribution in [3.63, 3.8) is 0 Å². The summed E-state index contributed by atoms with van der Waals surface area (Å²) in [4.78, 5) is 0. The van der Waals surface area contributed by atoms with Gasteiger partial charge < -0.3 is 14.8 Å². The molecule has 1 heterocycles. The molecular formula is C11H13BN2O3. The van der Waals surface area contributed by atoms with Crippen molar-refractivity contribution in [3.05, 3.63) is 36.0 Å². The fourth-order valence-electron chi connectivity index (χ4n) is 1.52. The average Bonchev–Trinajstić information content (AvgIpc) is 2.59. The van der Waals surface area contributed by atoms with Gasteiger partial charge in [-0.25, -0.2) is 0 Å². The molecular weight excluding hydrogens is 219 g/mol. The number of rotatable bonds is 3. The molecule has 0 aliphatic carbocycles. The molecule has 1 aromatic carbocycles. The second-order valence-corrected chi connectivity index (χ2v) is 3.71. The van der Waals surface area contributed by atoms with Crippen LogP contribution >= 0.6 is 0 Å². The van der Waals surface area contributed by atoms with Crippen molar-refractivity contribution >= 4 is 12.7 Å². The van der Waals surface area contributed by atoms with E-state index < -0.39 is 7.12 Å². The number of benzene rings is 1. The lowest BCUT2D eigenvalue weighted by atomic mass is 9.85. The molecule has 88 valence electrons. The SMILES string of the molecule is Cc1c(Oc2ccccc2)c(B(O)O)nn1C. The summed E-state index contributed by atoms with van der Waals surface area (Å²) in [6.45, 7) is 1.80. The first kappa shape index (κ1) is 11.7. The summed E-state index contributed by atoms with van der Waals surface area (Å²) in [7, 11) is 0.0765. The Bertz CT molecular complexity index is 511. The molecule has 6 heteroatoms. The lowest BCUT2D eigenvalue weighted by Crippen LogP contribution is -2.32. The molecule has 1 aromatic heterocycles. The van der Waals surface area contributed by atoms with Gasteiger partial charge in [0, 0.05) is 7.05 Å². The maximum Gasteiger partial charge on any atom is 0.514 e. The smallest absolute Gasteiger partial charge is 0.454 e. The van der Waals surface area contributed by atoms with Gasteiger partial charge in [-0.2, -0.15) is 5.10 Å². The second-order valence-electron chi connectivity index (χ2n) is 3.71. The second kappa shape index (κ2) is 4.61. The molecule has 0 saturated heterocycles. The largest absolute Gasteiger partial charge is 0.514 e.